The van der Waals surface area contributed by atoms with E-state index in [1.807, 2.05) is 0 Å². The van der Waals surface area contributed by atoms with E-state index in [4.69, 9.17) is 9.52 Å². The topological polar surface area (TPSA) is 79.5 Å². The smallest absolute Gasteiger partial charge is 0.326 e. The van der Waals surface area contributed by atoms with Gasteiger partial charge in [0.1, 0.15) is 17.6 Å². The second kappa shape index (κ2) is 4.83. The summed E-state index contributed by atoms with van der Waals surface area (Å²) in [5, 5.41) is 11.2. The molecule has 0 aliphatic carbocycles. The highest BCUT2D eigenvalue weighted by Gasteiger charge is 2.20. The average Bonchev–Trinajstić information content (AvgIpc) is 2.53. The van der Waals surface area contributed by atoms with E-state index in [2.05, 4.69) is 5.32 Å². The minimum Gasteiger partial charge on any atom is -0.480 e. The average molecular weight is 225 g/mol. The van der Waals surface area contributed by atoms with Gasteiger partial charge in [-0.3, -0.25) is 4.79 Å². The number of carboxylic acid groups (broad SMARTS) is 1. The number of nitrogens with one attached hydrogen (secondary N) is 1. The quantitative estimate of drug-likeness (QED) is 0.813. The van der Waals surface area contributed by atoms with Crippen molar-refractivity contribution in [2.24, 2.45) is 0 Å². The molecule has 0 aliphatic rings. The zero-order valence-electron chi connectivity index (χ0n) is 9.53. The van der Waals surface area contributed by atoms with E-state index in [9.17, 15) is 9.59 Å². The molecule has 1 aromatic heterocycles. The first-order valence-electron chi connectivity index (χ1n) is 5.06. The maximum Gasteiger partial charge on any atom is 0.326 e. The Morgan fingerprint density at radius 1 is 1.50 bits per heavy atom. The molecular formula is C11H15NO4. The van der Waals surface area contributed by atoms with E-state index in [1.165, 1.54) is 0 Å². The van der Waals surface area contributed by atoms with Crippen LogP contribution in [0.5, 0.6) is 0 Å². The molecule has 1 amide bonds. The van der Waals surface area contributed by atoms with Crippen molar-refractivity contribution in [3.05, 3.63) is 23.2 Å². The van der Waals surface area contributed by atoms with Crippen LogP contribution in [0.25, 0.3) is 0 Å². The van der Waals surface area contributed by atoms with E-state index in [0.29, 0.717) is 23.5 Å². The van der Waals surface area contributed by atoms with Crippen LogP contribution < -0.4 is 5.32 Å². The summed E-state index contributed by atoms with van der Waals surface area (Å²) in [5.74, 6) is -0.321. The molecule has 0 aliphatic heterocycles. The lowest BCUT2D eigenvalue weighted by atomic mass is 10.2. The lowest BCUT2D eigenvalue weighted by molar-refractivity contribution is -0.139. The van der Waals surface area contributed by atoms with Crippen molar-refractivity contribution in [2.75, 3.05) is 0 Å². The lowest BCUT2D eigenvalue weighted by Crippen LogP contribution is -2.40. The van der Waals surface area contributed by atoms with Crippen LogP contribution in [0.15, 0.2) is 10.5 Å². The van der Waals surface area contributed by atoms with Crippen LogP contribution in [0.4, 0.5) is 0 Å². The predicted molar refractivity (Wildman–Crippen MR) is 57.4 cm³/mol. The fourth-order valence-electron chi connectivity index (χ4n) is 1.43. The third kappa shape index (κ3) is 2.62. The lowest BCUT2D eigenvalue weighted by Gasteiger charge is -2.11. The molecule has 1 atom stereocenters. The molecule has 1 heterocycles. The molecule has 16 heavy (non-hydrogen) atoms. The van der Waals surface area contributed by atoms with Crippen molar-refractivity contribution in [3.8, 4) is 0 Å². The van der Waals surface area contributed by atoms with Gasteiger partial charge in [-0.1, -0.05) is 6.92 Å². The number of carbonyl (C=O) groups excluding carboxylic acids is 1. The molecular weight excluding hydrogens is 210 g/mol. The van der Waals surface area contributed by atoms with Crippen molar-refractivity contribution in [3.63, 3.8) is 0 Å². The SMILES string of the molecule is CCC(NC(=O)c1cc(C)oc1C)C(=O)O. The van der Waals surface area contributed by atoms with Crippen LogP contribution in [0.1, 0.15) is 35.2 Å². The Labute approximate surface area is 93.4 Å². The summed E-state index contributed by atoms with van der Waals surface area (Å²) in [6.45, 7) is 5.11. The minimum absolute atomic E-state index is 0.344. The van der Waals surface area contributed by atoms with Gasteiger partial charge in [-0.05, 0) is 26.3 Å². The summed E-state index contributed by atoms with van der Waals surface area (Å²) >= 11 is 0. The molecule has 0 saturated heterocycles. The molecule has 0 radical (unpaired) electrons. The van der Waals surface area contributed by atoms with Gasteiger partial charge in [-0.15, -0.1) is 0 Å². The zero-order chi connectivity index (χ0) is 12.3. The molecule has 5 heteroatoms. The number of furan rings is 1. The summed E-state index contributed by atoms with van der Waals surface area (Å²) in [6, 6.07) is 0.737. The summed E-state index contributed by atoms with van der Waals surface area (Å²) < 4.78 is 5.20. The summed E-state index contributed by atoms with van der Waals surface area (Å²) in [6.07, 6.45) is 0.344. The van der Waals surface area contributed by atoms with Crippen molar-refractivity contribution < 1.29 is 19.1 Å². The largest absolute Gasteiger partial charge is 0.480 e. The second-order valence-corrected chi connectivity index (χ2v) is 3.60. The van der Waals surface area contributed by atoms with Gasteiger partial charge in [-0.2, -0.15) is 0 Å². The molecule has 1 unspecified atom stereocenters. The third-order valence-corrected chi connectivity index (χ3v) is 2.30. The first-order valence-corrected chi connectivity index (χ1v) is 5.06. The van der Waals surface area contributed by atoms with Crippen LogP contribution in [0.2, 0.25) is 0 Å². The highest BCUT2D eigenvalue weighted by Crippen LogP contribution is 2.13. The van der Waals surface area contributed by atoms with Gasteiger partial charge in [0.25, 0.3) is 5.91 Å². The van der Waals surface area contributed by atoms with Gasteiger partial charge < -0.3 is 14.8 Å². The fourth-order valence-corrected chi connectivity index (χ4v) is 1.43. The Morgan fingerprint density at radius 3 is 2.50 bits per heavy atom. The maximum absolute atomic E-state index is 11.7. The van der Waals surface area contributed by atoms with E-state index >= 15 is 0 Å². The van der Waals surface area contributed by atoms with Crippen molar-refractivity contribution in [2.45, 2.75) is 33.2 Å². The van der Waals surface area contributed by atoms with E-state index in [1.54, 1.807) is 26.8 Å². The molecule has 0 fully saturated rings. The van der Waals surface area contributed by atoms with Crippen LogP contribution in [0, 0.1) is 13.8 Å². The maximum atomic E-state index is 11.7. The number of carbonyl (C=O) groups is 2. The predicted octanol–water partition coefficient (Wildman–Crippen LogP) is 1.49. The number of hydrogen-bond acceptors (Lipinski definition) is 3. The Balaban J connectivity index is 2.79. The second-order valence-electron chi connectivity index (χ2n) is 3.60. The van der Waals surface area contributed by atoms with E-state index < -0.39 is 17.9 Å². The standard InChI is InChI=1S/C11H15NO4/c1-4-9(11(14)15)12-10(13)8-5-6(2)16-7(8)3/h5,9H,4H2,1-3H3,(H,12,13)(H,14,15). The Hall–Kier alpha value is -1.78. The Bertz CT molecular complexity index is 408. The van der Waals surface area contributed by atoms with Gasteiger partial charge >= 0.3 is 5.97 Å². The van der Waals surface area contributed by atoms with E-state index in [0.717, 1.165) is 0 Å². The number of aryl methyl sites for hydroxylation is 2. The Kier molecular flexibility index (Phi) is 3.71. The number of amides is 1. The van der Waals surface area contributed by atoms with Crippen molar-refractivity contribution >= 4 is 11.9 Å². The summed E-state index contributed by atoms with van der Waals surface area (Å²) in [4.78, 5) is 22.5. The first-order chi connectivity index (χ1) is 7.45. The van der Waals surface area contributed by atoms with Gasteiger partial charge in [0, 0.05) is 0 Å². The molecule has 0 saturated carbocycles. The molecule has 1 aromatic rings. The number of carboxylic acids is 1. The van der Waals surface area contributed by atoms with Gasteiger partial charge in [0.2, 0.25) is 0 Å². The fraction of sp³-hybridized carbons (Fsp3) is 0.455. The highest BCUT2D eigenvalue weighted by atomic mass is 16.4. The minimum atomic E-state index is -1.03. The monoisotopic (exact) mass is 225 g/mol. The van der Waals surface area contributed by atoms with Crippen LogP contribution in [-0.4, -0.2) is 23.0 Å². The van der Waals surface area contributed by atoms with E-state index in [-0.39, 0.29) is 0 Å². The molecule has 88 valence electrons. The molecule has 0 bridgehead atoms. The van der Waals surface area contributed by atoms with Crippen LogP contribution in [-0.2, 0) is 4.79 Å². The van der Waals surface area contributed by atoms with Gasteiger partial charge in [0.15, 0.2) is 0 Å². The number of rotatable bonds is 4. The van der Waals surface area contributed by atoms with Gasteiger partial charge in [0.05, 0.1) is 5.56 Å². The third-order valence-electron chi connectivity index (χ3n) is 2.30. The summed E-state index contributed by atoms with van der Waals surface area (Å²) in [7, 11) is 0. The van der Waals surface area contributed by atoms with Crippen LogP contribution in [0.3, 0.4) is 0 Å². The van der Waals surface area contributed by atoms with Crippen LogP contribution >= 0.6 is 0 Å². The molecule has 5 nitrogen and oxygen atoms in total. The Morgan fingerprint density at radius 2 is 2.12 bits per heavy atom. The van der Waals surface area contributed by atoms with Crippen molar-refractivity contribution in [1.29, 1.82) is 0 Å². The molecule has 0 aromatic carbocycles. The van der Waals surface area contributed by atoms with Crippen molar-refractivity contribution in [1.82, 2.24) is 5.32 Å². The molecule has 2 N–H and O–H groups in total. The normalized spacial score (nSPS) is 12.2. The molecule has 0 spiro atoms. The molecule has 1 rings (SSSR count). The zero-order valence-corrected chi connectivity index (χ0v) is 9.53. The number of hydrogen-bond donors (Lipinski definition) is 2. The highest BCUT2D eigenvalue weighted by molar-refractivity contribution is 5.97. The number of aliphatic carboxylic acids is 1. The van der Waals surface area contributed by atoms with Gasteiger partial charge in [-0.25, -0.2) is 4.79 Å². The summed E-state index contributed by atoms with van der Waals surface area (Å²) in [5.41, 5.74) is 0.386. The first kappa shape index (κ1) is 12.3.